The number of furan rings is 1. The summed E-state index contributed by atoms with van der Waals surface area (Å²) in [6.07, 6.45) is 1.25. The lowest BCUT2D eigenvalue weighted by Crippen LogP contribution is -2.11. The third kappa shape index (κ3) is 3.42. The lowest BCUT2D eigenvalue weighted by atomic mass is 10.1. The molecule has 4 aromatic rings. The summed E-state index contributed by atoms with van der Waals surface area (Å²) >= 11 is 0. The first-order valence-corrected chi connectivity index (χ1v) is 10.1. The summed E-state index contributed by atoms with van der Waals surface area (Å²) < 4.78 is 42.0. The molecule has 2 N–H and O–H groups in total. The molecule has 0 spiro atoms. The summed E-state index contributed by atoms with van der Waals surface area (Å²) in [4.78, 5) is 9.55. The number of hydrogen-bond acceptors (Lipinski definition) is 9. The van der Waals surface area contributed by atoms with E-state index in [1.165, 1.54) is 19.4 Å². The number of aryl methyl sites for hydroxylation is 1. The number of fused-ring (bicyclic) bond motifs is 1. The third-order valence-electron chi connectivity index (χ3n) is 4.46. The molecular formula is C19H15N3O8S. The Morgan fingerprint density at radius 2 is 1.94 bits per heavy atom. The smallest absolute Gasteiger partial charge is 0.346 e. The molecule has 0 saturated carbocycles. The number of benzene rings is 2. The normalized spacial score (nSPS) is 11.5. The first-order chi connectivity index (χ1) is 14.7. The molecule has 31 heavy (non-hydrogen) atoms. The number of aromatic nitrogens is 2. The Labute approximate surface area is 175 Å². The summed E-state index contributed by atoms with van der Waals surface area (Å²) in [6.45, 7) is 1.74. The van der Waals surface area contributed by atoms with Gasteiger partial charge < -0.3 is 18.4 Å². The van der Waals surface area contributed by atoms with Gasteiger partial charge in [0, 0.05) is 17.8 Å². The molecule has 0 bridgehead atoms. The minimum absolute atomic E-state index is 0.0339. The van der Waals surface area contributed by atoms with Crippen molar-refractivity contribution < 1.29 is 31.8 Å². The molecule has 0 fully saturated rings. The van der Waals surface area contributed by atoms with Gasteiger partial charge in [-0.25, -0.2) is 0 Å². The van der Waals surface area contributed by atoms with E-state index in [-0.39, 0.29) is 39.4 Å². The monoisotopic (exact) mass is 445 g/mol. The van der Waals surface area contributed by atoms with E-state index >= 15 is 0 Å². The average Bonchev–Trinajstić information content (AvgIpc) is 3.35. The Hall–Kier alpha value is -4.06. The minimum Gasteiger partial charge on any atom is -0.505 e. The van der Waals surface area contributed by atoms with Gasteiger partial charge in [0.2, 0.25) is 0 Å². The minimum atomic E-state index is -4.63. The van der Waals surface area contributed by atoms with Crippen molar-refractivity contribution in [3.8, 4) is 28.5 Å². The SMILES string of the molecule is COc1c(-c2cc(C)[nH]n2)c(O)c(S(=O)(=O)Oc2ccc([N+](=O)[O-])cc2)c2occc12. The molecule has 160 valence electrons. The number of hydrogen-bond donors (Lipinski definition) is 2. The van der Waals surface area contributed by atoms with Gasteiger partial charge in [-0.15, -0.1) is 0 Å². The van der Waals surface area contributed by atoms with Crippen molar-refractivity contribution in [1.29, 1.82) is 0 Å². The summed E-state index contributed by atoms with van der Waals surface area (Å²) in [6, 6.07) is 7.55. The van der Waals surface area contributed by atoms with Crippen LogP contribution >= 0.6 is 0 Å². The second-order valence-corrected chi connectivity index (χ2v) is 7.96. The lowest BCUT2D eigenvalue weighted by Gasteiger charge is -2.15. The third-order valence-corrected chi connectivity index (χ3v) is 5.76. The Morgan fingerprint density at radius 1 is 1.23 bits per heavy atom. The molecule has 0 unspecified atom stereocenters. The Morgan fingerprint density at radius 3 is 2.52 bits per heavy atom. The second-order valence-electron chi connectivity index (χ2n) is 6.47. The summed E-state index contributed by atoms with van der Waals surface area (Å²) in [5.74, 6) is -0.688. The number of ether oxygens (including phenoxy) is 1. The highest BCUT2D eigenvalue weighted by Crippen LogP contribution is 2.48. The van der Waals surface area contributed by atoms with Crippen LogP contribution in [0.25, 0.3) is 22.2 Å². The van der Waals surface area contributed by atoms with Crippen molar-refractivity contribution in [3.63, 3.8) is 0 Å². The van der Waals surface area contributed by atoms with Gasteiger partial charge >= 0.3 is 10.1 Å². The van der Waals surface area contributed by atoms with Crippen molar-refractivity contribution in [2.75, 3.05) is 7.11 Å². The van der Waals surface area contributed by atoms with E-state index in [1.54, 1.807) is 13.0 Å². The molecule has 4 rings (SSSR count). The van der Waals surface area contributed by atoms with Crippen LogP contribution in [0.5, 0.6) is 17.2 Å². The number of methoxy groups -OCH3 is 1. The summed E-state index contributed by atoms with van der Waals surface area (Å²) in [7, 11) is -3.26. The van der Waals surface area contributed by atoms with Crippen LogP contribution in [0.4, 0.5) is 5.69 Å². The molecule has 0 aliphatic heterocycles. The fourth-order valence-electron chi connectivity index (χ4n) is 3.15. The molecule has 0 saturated heterocycles. The van der Waals surface area contributed by atoms with E-state index in [1.807, 2.05) is 0 Å². The van der Waals surface area contributed by atoms with Crippen molar-refractivity contribution in [2.45, 2.75) is 11.8 Å². The molecule has 0 aliphatic rings. The number of nitrogens with one attached hydrogen (secondary N) is 1. The van der Waals surface area contributed by atoms with Crippen LogP contribution in [-0.4, -0.2) is 35.8 Å². The van der Waals surface area contributed by atoms with Crippen LogP contribution < -0.4 is 8.92 Å². The molecule has 2 aromatic carbocycles. The second kappa shape index (κ2) is 7.32. The molecule has 2 aromatic heterocycles. The maximum atomic E-state index is 13.1. The zero-order valence-electron chi connectivity index (χ0n) is 16.1. The zero-order chi connectivity index (χ0) is 22.3. The van der Waals surface area contributed by atoms with Gasteiger partial charge in [0.05, 0.1) is 34.9 Å². The summed E-state index contributed by atoms with van der Waals surface area (Å²) in [5, 5.41) is 28.9. The lowest BCUT2D eigenvalue weighted by molar-refractivity contribution is -0.384. The number of rotatable bonds is 6. The first-order valence-electron chi connectivity index (χ1n) is 8.74. The van der Waals surface area contributed by atoms with Crippen LogP contribution in [0.15, 0.2) is 52.0 Å². The largest absolute Gasteiger partial charge is 0.505 e. The molecule has 11 nitrogen and oxygen atoms in total. The Bertz CT molecular complexity index is 1400. The van der Waals surface area contributed by atoms with Gasteiger partial charge in [0.25, 0.3) is 5.69 Å². The van der Waals surface area contributed by atoms with Crippen molar-refractivity contribution in [1.82, 2.24) is 10.2 Å². The van der Waals surface area contributed by atoms with Crippen LogP contribution in [0.2, 0.25) is 0 Å². The molecule has 0 radical (unpaired) electrons. The van der Waals surface area contributed by atoms with Crippen molar-refractivity contribution in [2.24, 2.45) is 0 Å². The Kier molecular flexibility index (Phi) is 4.78. The van der Waals surface area contributed by atoms with Gasteiger partial charge in [-0.1, -0.05) is 0 Å². The number of nitrogens with zero attached hydrogens (tertiary/aromatic N) is 2. The van der Waals surface area contributed by atoms with E-state index in [4.69, 9.17) is 13.3 Å². The average molecular weight is 445 g/mol. The predicted molar refractivity (Wildman–Crippen MR) is 108 cm³/mol. The van der Waals surface area contributed by atoms with Crippen LogP contribution in [0, 0.1) is 17.0 Å². The number of phenols is 1. The number of non-ortho nitro benzene ring substituents is 1. The van der Waals surface area contributed by atoms with E-state index < -0.39 is 25.7 Å². The van der Waals surface area contributed by atoms with E-state index in [0.29, 0.717) is 5.69 Å². The molecule has 0 atom stereocenters. The Balaban J connectivity index is 1.91. The van der Waals surface area contributed by atoms with E-state index in [0.717, 1.165) is 24.3 Å². The number of H-pyrrole nitrogens is 1. The molecule has 2 heterocycles. The van der Waals surface area contributed by atoms with E-state index in [2.05, 4.69) is 10.2 Å². The fourth-order valence-corrected chi connectivity index (χ4v) is 4.32. The van der Waals surface area contributed by atoms with Gasteiger partial charge in [0.1, 0.15) is 11.5 Å². The first kappa shape index (κ1) is 20.2. The van der Waals surface area contributed by atoms with Crippen LogP contribution in [0.3, 0.4) is 0 Å². The highest BCUT2D eigenvalue weighted by molar-refractivity contribution is 7.87. The quantitative estimate of drug-likeness (QED) is 0.257. The topological polar surface area (TPSA) is 158 Å². The van der Waals surface area contributed by atoms with Crippen LogP contribution in [0.1, 0.15) is 5.69 Å². The van der Waals surface area contributed by atoms with Gasteiger partial charge in [-0.05, 0) is 31.2 Å². The molecule has 0 aliphatic carbocycles. The number of nitro benzene ring substituents is 1. The van der Waals surface area contributed by atoms with Gasteiger partial charge in [-0.2, -0.15) is 13.5 Å². The molecular weight excluding hydrogens is 430 g/mol. The highest BCUT2D eigenvalue weighted by Gasteiger charge is 2.33. The maximum absolute atomic E-state index is 13.1. The maximum Gasteiger partial charge on any atom is 0.346 e. The van der Waals surface area contributed by atoms with Gasteiger partial charge in [0.15, 0.2) is 16.2 Å². The van der Waals surface area contributed by atoms with E-state index in [9.17, 15) is 23.6 Å². The van der Waals surface area contributed by atoms with Gasteiger partial charge in [-0.3, -0.25) is 15.2 Å². The zero-order valence-corrected chi connectivity index (χ0v) is 17.0. The standard InChI is InChI=1S/C19H15N3O8S/c1-10-9-14(21-20-10)15-16(23)19(18-13(7-8-29-18)17(15)28-2)31(26,27)30-12-5-3-11(4-6-12)22(24)25/h3-9,23H,1-2H3,(H,20,21). The molecule has 0 amide bonds. The number of aromatic amines is 1. The number of aromatic hydroxyl groups is 1. The predicted octanol–water partition coefficient (Wildman–Crippen LogP) is 3.52. The van der Waals surface area contributed by atoms with Crippen molar-refractivity contribution >= 4 is 26.8 Å². The highest BCUT2D eigenvalue weighted by atomic mass is 32.2. The van der Waals surface area contributed by atoms with Crippen LogP contribution in [-0.2, 0) is 10.1 Å². The number of phenolic OH excluding ortho intramolecular Hbond substituents is 1. The van der Waals surface area contributed by atoms with Crippen molar-refractivity contribution in [3.05, 3.63) is 58.5 Å². The summed E-state index contributed by atoms with van der Waals surface area (Å²) in [5.41, 5.74) is 0.553. The fraction of sp³-hybridized carbons (Fsp3) is 0.105. The number of nitro groups is 1. The molecule has 12 heteroatoms.